The Morgan fingerprint density at radius 3 is 2.88 bits per heavy atom. The molecule has 0 aromatic carbocycles. The highest BCUT2D eigenvalue weighted by Gasteiger charge is 2.47. The van der Waals surface area contributed by atoms with Gasteiger partial charge in [0.15, 0.2) is 0 Å². The number of furan rings is 1. The lowest BCUT2D eigenvalue weighted by atomic mass is 9.79. The van der Waals surface area contributed by atoms with Gasteiger partial charge in [0, 0.05) is 5.92 Å². The largest absolute Gasteiger partial charge is 0.464 e. The summed E-state index contributed by atoms with van der Waals surface area (Å²) in [4.78, 5) is 2.56. The first kappa shape index (κ1) is 9.71. The highest BCUT2D eigenvalue weighted by molar-refractivity contribution is 5.95. The predicted molar refractivity (Wildman–Crippen MR) is 64.8 cm³/mol. The highest BCUT2D eigenvalue weighted by atomic mass is 16.3. The highest BCUT2D eigenvalue weighted by Crippen LogP contribution is 2.39. The summed E-state index contributed by atoms with van der Waals surface area (Å²) in [6, 6.07) is 4.77. The van der Waals surface area contributed by atoms with Gasteiger partial charge in [0.1, 0.15) is 17.6 Å². The fourth-order valence-electron chi connectivity index (χ4n) is 3.50. The van der Waals surface area contributed by atoms with E-state index in [9.17, 15) is 0 Å². The molecule has 5 rings (SSSR count). The van der Waals surface area contributed by atoms with Crippen molar-refractivity contribution in [3.8, 4) is 0 Å². The minimum Gasteiger partial charge on any atom is -0.464 e. The zero-order valence-electron chi connectivity index (χ0n) is 10.0. The Balaban J connectivity index is 1.69. The van der Waals surface area contributed by atoms with E-state index in [1.54, 1.807) is 0 Å². The summed E-state index contributed by atoms with van der Waals surface area (Å²) in [5.41, 5.74) is 4.64. The van der Waals surface area contributed by atoms with E-state index in [4.69, 9.17) is 4.42 Å². The second-order valence-corrected chi connectivity index (χ2v) is 5.35. The summed E-state index contributed by atoms with van der Waals surface area (Å²) in [5, 5.41) is 4.57. The zero-order valence-corrected chi connectivity index (χ0v) is 10.0. The number of nitrogens with zero attached hydrogens (tertiary/aromatic N) is 2. The maximum atomic E-state index is 5.76. The van der Waals surface area contributed by atoms with E-state index >= 15 is 0 Å². The fraction of sp³-hybridized carbons (Fsp3) is 0.615. The average molecular weight is 231 g/mol. The van der Waals surface area contributed by atoms with Crippen LogP contribution in [0.1, 0.15) is 30.4 Å². The third-order valence-corrected chi connectivity index (χ3v) is 4.36. The quantitative estimate of drug-likeness (QED) is 0.799. The third kappa shape index (κ3) is 1.30. The van der Waals surface area contributed by atoms with Crippen LogP contribution in [0.2, 0.25) is 0 Å². The van der Waals surface area contributed by atoms with Crippen LogP contribution >= 0.6 is 0 Å². The van der Waals surface area contributed by atoms with Gasteiger partial charge in [0.25, 0.3) is 0 Å². The number of aryl methyl sites for hydroxylation is 1. The van der Waals surface area contributed by atoms with Gasteiger partial charge in [0.2, 0.25) is 0 Å². The predicted octanol–water partition coefficient (Wildman–Crippen LogP) is 1.68. The molecular formula is C13H17N3O. The smallest absolute Gasteiger partial charge is 0.130 e. The molecule has 4 aliphatic rings. The van der Waals surface area contributed by atoms with Crippen LogP contribution < -0.4 is 5.43 Å². The Kier molecular flexibility index (Phi) is 1.92. The summed E-state index contributed by atoms with van der Waals surface area (Å²) < 4.78 is 5.76. The lowest BCUT2D eigenvalue weighted by molar-refractivity contribution is 0.128. The monoisotopic (exact) mass is 231 g/mol. The van der Waals surface area contributed by atoms with E-state index in [0.29, 0.717) is 12.0 Å². The maximum Gasteiger partial charge on any atom is 0.130 e. The molecule has 90 valence electrons. The first-order valence-electron chi connectivity index (χ1n) is 6.46. The first-order chi connectivity index (χ1) is 8.33. The van der Waals surface area contributed by atoms with Gasteiger partial charge in [-0.2, -0.15) is 5.10 Å². The number of nitrogens with one attached hydrogen (secondary N) is 1. The summed E-state index contributed by atoms with van der Waals surface area (Å²) in [5.74, 6) is 2.71. The SMILES string of the molecule is Cc1ccc(C2NN=C3C4CCN(CC4)C32)o1. The summed E-state index contributed by atoms with van der Waals surface area (Å²) in [7, 11) is 0. The molecule has 2 atom stereocenters. The number of piperidine rings is 3. The van der Waals surface area contributed by atoms with Crippen molar-refractivity contribution in [3.63, 3.8) is 0 Å². The molecule has 4 aliphatic heterocycles. The van der Waals surface area contributed by atoms with E-state index in [2.05, 4.69) is 21.5 Å². The van der Waals surface area contributed by atoms with Crippen molar-refractivity contribution in [3.05, 3.63) is 23.7 Å². The van der Waals surface area contributed by atoms with Crippen molar-refractivity contribution in [2.24, 2.45) is 11.0 Å². The minimum absolute atomic E-state index is 0.224. The van der Waals surface area contributed by atoms with Crippen LogP contribution in [0.5, 0.6) is 0 Å². The molecule has 0 saturated carbocycles. The molecule has 3 saturated heterocycles. The van der Waals surface area contributed by atoms with Gasteiger partial charge in [-0.3, -0.25) is 10.3 Å². The van der Waals surface area contributed by atoms with E-state index in [-0.39, 0.29) is 6.04 Å². The third-order valence-electron chi connectivity index (χ3n) is 4.36. The number of fused-ring (bicyclic) bond motifs is 2. The normalized spacial score (nSPS) is 38.8. The lowest BCUT2D eigenvalue weighted by Gasteiger charge is -2.45. The number of hydrogen-bond donors (Lipinski definition) is 1. The molecule has 0 spiro atoms. The van der Waals surface area contributed by atoms with Crippen molar-refractivity contribution < 1.29 is 4.42 Å². The second-order valence-electron chi connectivity index (χ2n) is 5.35. The topological polar surface area (TPSA) is 40.8 Å². The van der Waals surface area contributed by atoms with Crippen LogP contribution in [0.15, 0.2) is 21.7 Å². The van der Waals surface area contributed by atoms with Gasteiger partial charge < -0.3 is 4.42 Å². The van der Waals surface area contributed by atoms with E-state index < -0.39 is 0 Å². The molecule has 4 heteroatoms. The van der Waals surface area contributed by atoms with Crippen molar-refractivity contribution >= 4 is 5.71 Å². The van der Waals surface area contributed by atoms with Crippen LogP contribution in [0.25, 0.3) is 0 Å². The molecule has 1 aromatic heterocycles. The van der Waals surface area contributed by atoms with Gasteiger partial charge in [-0.1, -0.05) is 0 Å². The summed E-state index contributed by atoms with van der Waals surface area (Å²) in [6.07, 6.45) is 2.56. The molecule has 2 unspecified atom stereocenters. The Labute approximate surface area is 101 Å². The molecule has 3 fully saturated rings. The van der Waals surface area contributed by atoms with Gasteiger partial charge in [-0.05, 0) is 45.0 Å². The Morgan fingerprint density at radius 2 is 2.18 bits per heavy atom. The zero-order chi connectivity index (χ0) is 11.4. The fourth-order valence-corrected chi connectivity index (χ4v) is 3.50. The van der Waals surface area contributed by atoms with Gasteiger partial charge in [-0.25, -0.2) is 0 Å². The molecule has 17 heavy (non-hydrogen) atoms. The van der Waals surface area contributed by atoms with E-state index in [1.807, 2.05) is 13.0 Å². The van der Waals surface area contributed by atoms with Crippen LogP contribution in [0.3, 0.4) is 0 Å². The average Bonchev–Trinajstić information content (AvgIpc) is 2.97. The van der Waals surface area contributed by atoms with Crippen LogP contribution in [0, 0.1) is 12.8 Å². The molecule has 2 bridgehead atoms. The molecule has 5 heterocycles. The Hall–Kier alpha value is -1.29. The van der Waals surface area contributed by atoms with E-state index in [1.165, 1.54) is 31.6 Å². The molecular weight excluding hydrogens is 214 g/mol. The minimum atomic E-state index is 0.224. The van der Waals surface area contributed by atoms with Crippen LogP contribution in [0.4, 0.5) is 0 Å². The molecule has 0 aliphatic carbocycles. The van der Waals surface area contributed by atoms with Crippen LogP contribution in [-0.2, 0) is 0 Å². The number of hydrazone groups is 1. The van der Waals surface area contributed by atoms with Gasteiger partial charge in [0.05, 0.1) is 11.8 Å². The summed E-state index contributed by atoms with van der Waals surface area (Å²) in [6.45, 7) is 4.42. The Morgan fingerprint density at radius 1 is 1.35 bits per heavy atom. The molecule has 1 aromatic rings. The number of hydrogen-bond acceptors (Lipinski definition) is 4. The molecule has 4 nitrogen and oxygen atoms in total. The van der Waals surface area contributed by atoms with Crippen molar-refractivity contribution in [1.82, 2.24) is 10.3 Å². The van der Waals surface area contributed by atoms with Crippen LogP contribution in [-0.4, -0.2) is 29.7 Å². The van der Waals surface area contributed by atoms with Crippen molar-refractivity contribution in [2.75, 3.05) is 13.1 Å². The Bertz CT molecular complexity index is 471. The number of rotatable bonds is 1. The van der Waals surface area contributed by atoms with Gasteiger partial charge >= 0.3 is 0 Å². The second kappa shape index (κ2) is 3.35. The molecule has 0 radical (unpaired) electrons. The van der Waals surface area contributed by atoms with E-state index in [0.717, 1.165) is 11.5 Å². The maximum absolute atomic E-state index is 5.76. The summed E-state index contributed by atoms with van der Waals surface area (Å²) >= 11 is 0. The molecule has 1 N–H and O–H groups in total. The first-order valence-corrected chi connectivity index (χ1v) is 6.46. The van der Waals surface area contributed by atoms with Crippen molar-refractivity contribution in [2.45, 2.75) is 31.8 Å². The lowest BCUT2D eigenvalue weighted by Crippen LogP contribution is -2.56. The van der Waals surface area contributed by atoms with Crippen molar-refractivity contribution in [1.29, 1.82) is 0 Å². The molecule has 0 amide bonds. The van der Waals surface area contributed by atoms with Gasteiger partial charge in [-0.15, -0.1) is 0 Å². The standard InChI is InChI=1S/C13H17N3O/c1-8-2-3-10(17-8)12-13-11(14-15-12)9-4-6-16(13)7-5-9/h2-3,9,12-13,15H,4-7H2,1H3.